The number of hydrogen-bond acceptors (Lipinski definition) is 5. The molecule has 0 aliphatic carbocycles. The number of anilines is 1. The second kappa shape index (κ2) is 4.18. The Labute approximate surface area is 99.2 Å². The molecule has 88 valence electrons. The predicted octanol–water partition coefficient (Wildman–Crippen LogP) is 1.21. The highest BCUT2D eigenvalue weighted by Gasteiger charge is 2.19. The monoisotopic (exact) mass is 230 g/mol. The maximum atomic E-state index is 5.96. The quantitative estimate of drug-likeness (QED) is 0.785. The summed E-state index contributed by atoms with van der Waals surface area (Å²) in [5.41, 5.74) is 9.45. The van der Waals surface area contributed by atoms with Crippen LogP contribution >= 0.6 is 0 Å². The normalized spacial score (nSPS) is 15.8. The second-order valence-electron chi connectivity index (χ2n) is 4.28. The molecule has 0 unspecified atom stereocenters. The lowest BCUT2D eigenvalue weighted by Gasteiger charge is -2.28. The molecular weight excluding hydrogens is 216 g/mol. The van der Waals surface area contributed by atoms with Crippen molar-refractivity contribution in [1.82, 2.24) is 15.0 Å². The highest BCUT2D eigenvalue weighted by atomic mass is 16.5. The van der Waals surface area contributed by atoms with E-state index in [-0.39, 0.29) is 0 Å². The number of hydrogen-bond donors (Lipinski definition) is 1. The lowest BCUT2D eigenvalue weighted by atomic mass is 9.98. The first kappa shape index (κ1) is 10.3. The van der Waals surface area contributed by atoms with Crippen LogP contribution in [0, 0.1) is 0 Å². The number of nitrogens with zero attached hydrogens (tertiary/aromatic N) is 3. The van der Waals surface area contributed by atoms with Crippen LogP contribution in [-0.4, -0.2) is 21.6 Å². The Balaban J connectivity index is 1.77. The predicted molar refractivity (Wildman–Crippen MR) is 63.0 cm³/mol. The Bertz CT molecular complexity index is 509. The van der Waals surface area contributed by atoms with Crippen LogP contribution in [0.1, 0.15) is 17.0 Å². The van der Waals surface area contributed by atoms with Crippen molar-refractivity contribution in [3.8, 4) is 0 Å². The van der Waals surface area contributed by atoms with Gasteiger partial charge < -0.3 is 10.3 Å². The van der Waals surface area contributed by atoms with Crippen LogP contribution < -0.4 is 5.73 Å². The van der Waals surface area contributed by atoms with Gasteiger partial charge in [-0.15, -0.1) is 0 Å². The van der Waals surface area contributed by atoms with Gasteiger partial charge in [-0.25, -0.2) is 0 Å². The summed E-state index contributed by atoms with van der Waals surface area (Å²) in [6, 6.07) is 6.10. The van der Waals surface area contributed by atoms with Crippen molar-refractivity contribution in [3.05, 3.63) is 41.5 Å². The first-order valence-corrected chi connectivity index (χ1v) is 5.67. The summed E-state index contributed by atoms with van der Waals surface area (Å²) in [5.74, 6) is 0.664. The van der Waals surface area contributed by atoms with E-state index in [1.807, 2.05) is 12.1 Å². The molecule has 5 nitrogen and oxygen atoms in total. The Kier molecular flexibility index (Phi) is 2.53. The van der Waals surface area contributed by atoms with E-state index in [4.69, 9.17) is 10.3 Å². The first-order chi connectivity index (χ1) is 8.33. The molecule has 17 heavy (non-hydrogen) atoms. The van der Waals surface area contributed by atoms with Gasteiger partial charge in [0, 0.05) is 18.8 Å². The molecule has 1 aromatic carbocycles. The third kappa shape index (κ3) is 2.01. The molecule has 0 saturated carbocycles. The van der Waals surface area contributed by atoms with Gasteiger partial charge in [0.25, 0.3) is 0 Å². The number of aromatic nitrogens is 2. The molecule has 1 aliphatic rings. The molecular formula is C12H14N4O. The van der Waals surface area contributed by atoms with E-state index in [1.165, 1.54) is 17.5 Å². The third-order valence-electron chi connectivity index (χ3n) is 3.15. The van der Waals surface area contributed by atoms with E-state index in [9.17, 15) is 0 Å². The summed E-state index contributed by atoms with van der Waals surface area (Å²) in [4.78, 5) is 6.33. The molecule has 5 heteroatoms. The fraction of sp³-hybridized carbons (Fsp3) is 0.333. The zero-order chi connectivity index (χ0) is 11.7. The summed E-state index contributed by atoms with van der Waals surface area (Å²) in [6.45, 7) is 2.57. The number of fused-ring (bicyclic) bond motifs is 1. The Morgan fingerprint density at radius 2 is 2.35 bits per heavy atom. The first-order valence-electron chi connectivity index (χ1n) is 5.67. The Hall–Kier alpha value is -1.88. The van der Waals surface area contributed by atoms with Gasteiger partial charge >= 0.3 is 0 Å². The minimum absolute atomic E-state index is 0.664. The summed E-state index contributed by atoms with van der Waals surface area (Å²) in [6.07, 6.45) is 2.42. The molecule has 0 amide bonds. The molecule has 2 heterocycles. The van der Waals surface area contributed by atoms with E-state index in [0.29, 0.717) is 12.4 Å². The van der Waals surface area contributed by atoms with Gasteiger partial charge in [-0.2, -0.15) is 4.98 Å². The molecule has 0 radical (unpaired) electrons. The molecule has 2 aromatic rings. The summed E-state index contributed by atoms with van der Waals surface area (Å²) >= 11 is 0. The largest absolute Gasteiger partial charge is 0.398 e. The molecule has 3 rings (SSSR count). The maximum absolute atomic E-state index is 5.96. The van der Waals surface area contributed by atoms with Crippen LogP contribution in [0.4, 0.5) is 5.69 Å². The van der Waals surface area contributed by atoms with Crippen molar-refractivity contribution in [3.63, 3.8) is 0 Å². The molecule has 1 aliphatic heterocycles. The van der Waals surface area contributed by atoms with Crippen molar-refractivity contribution in [2.45, 2.75) is 19.5 Å². The zero-order valence-corrected chi connectivity index (χ0v) is 9.47. The van der Waals surface area contributed by atoms with Gasteiger partial charge in [0.1, 0.15) is 0 Å². The standard InChI is InChI=1S/C12H14N4O/c13-11-3-1-2-9-6-16(5-4-10(9)11)7-12-14-8-15-17-12/h1-3,8H,4-7,13H2. The smallest absolute Gasteiger partial charge is 0.240 e. The highest BCUT2D eigenvalue weighted by Crippen LogP contribution is 2.24. The van der Waals surface area contributed by atoms with Gasteiger partial charge in [-0.3, -0.25) is 4.90 Å². The van der Waals surface area contributed by atoms with Crippen LogP contribution in [0.5, 0.6) is 0 Å². The molecule has 0 saturated heterocycles. The molecule has 0 spiro atoms. The van der Waals surface area contributed by atoms with E-state index < -0.39 is 0 Å². The molecule has 0 atom stereocenters. The average Bonchev–Trinajstić information content (AvgIpc) is 2.82. The van der Waals surface area contributed by atoms with Gasteiger partial charge in [0.2, 0.25) is 5.89 Å². The fourth-order valence-corrected chi connectivity index (χ4v) is 2.29. The van der Waals surface area contributed by atoms with Crippen LogP contribution in [0.25, 0.3) is 0 Å². The topological polar surface area (TPSA) is 68.2 Å². The van der Waals surface area contributed by atoms with E-state index in [0.717, 1.165) is 25.2 Å². The van der Waals surface area contributed by atoms with Crippen LogP contribution in [-0.2, 0) is 19.5 Å². The number of rotatable bonds is 2. The average molecular weight is 230 g/mol. The van der Waals surface area contributed by atoms with Gasteiger partial charge in [-0.05, 0) is 23.6 Å². The molecule has 2 N–H and O–H groups in total. The molecule has 1 aromatic heterocycles. The molecule has 0 fully saturated rings. The van der Waals surface area contributed by atoms with Crippen molar-refractivity contribution >= 4 is 5.69 Å². The van der Waals surface area contributed by atoms with Crippen LogP contribution in [0.3, 0.4) is 0 Å². The fourth-order valence-electron chi connectivity index (χ4n) is 2.29. The molecule has 0 bridgehead atoms. The minimum Gasteiger partial charge on any atom is -0.398 e. The van der Waals surface area contributed by atoms with Crippen molar-refractivity contribution < 1.29 is 4.52 Å². The Morgan fingerprint density at radius 1 is 1.41 bits per heavy atom. The third-order valence-corrected chi connectivity index (χ3v) is 3.15. The van der Waals surface area contributed by atoms with E-state index in [2.05, 4.69) is 21.1 Å². The van der Waals surface area contributed by atoms with E-state index in [1.54, 1.807) is 0 Å². The van der Waals surface area contributed by atoms with Gasteiger partial charge in [0.15, 0.2) is 6.33 Å². The zero-order valence-electron chi connectivity index (χ0n) is 9.47. The number of nitrogens with two attached hydrogens (primary N) is 1. The second-order valence-corrected chi connectivity index (χ2v) is 4.28. The lowest BCUT2D eigenvalue weighted by Crippen LogP contribution is -2.30. The van der Waals surface area contributed by atoms with Crippen molar-refractivity contribution in [2.75, 3.05) is 12.3 Å². The van der Waals surface area contributed by atoms with Gasteiger partial charge in [-0.1, -0.05) is 17.3 Å². The lowest BCUT2D eigenvalue weighted by molar-refractivity contribution is 0.211. The number of nitrogen functional groups attached to an aromatic ring is 1. The SMILES string of the molecule is Nc1cccc2c1CCN(Cc1ncno1)C2. The highest BCUT2D eigenvalue weighted by molar-refractivity contribution is 5.51. The number of benzene rings is 1. The summed E-state index contributed by atoms with van der Waals surface area (Å²) < 4.78 is 5.02. The maximum Gasteiger partial charge on any atom is 0.240 e. The Morgan fingerprint density at radius 3 is 3.18 bits per heavy atom. The van der Waals surface area contributed by atoms with Crippen molar-refractivity contribution in [2.24, 2.45) is 0 Å². The summed E-state index contributed by atoms with van der Waals surface area (Å²) in [5, 5.41) is 3.61. The van der Waals surface area contributed by atoms with Crippen molar-refractivity contribution in [1.29, 1.82) is 0 Å². The van der Waals surface area contributed by atoms with Gasteiger partial charge in [0.05, 0.1) is 6.54 Å². The minimum atomic E-state index is 0.664. The summed E-state index contributed by atoms with van der Waals surface area (Å²) in [7, 11) is 0. The van der Waals surface area contributed by atoms with Crippen LogP contribution in [0.2, 0.25) is 0 Å². The van der Waals surface area contributed by atoms with Crippen LogP contribution in [0.15, 0.2) is 29.0 Å². The van der Waals surface area contributed by atoms with E-state index >= 15 is 0 Å².